The van der Waals surface area contributed by atoms with E-state index in [2.05, 4.69) is 10.6 Å². The molecule has 7 heteroatoms. The summed E-state index contributed by atoms with van der Waals surface area (Å²) in [4.78, 5) is 35.3. The van der Waals surface area contributed by atoms with Crippen molar-refractivity contribution in [1.29, 1.82) is 0 Å². The molecule has 0 aromatic heterocycles. The minimum absolute atomic E-state index is 0.218. The standard InChI is InChI=1S/C17H23FN2O4/c1-16(2,3)9-13(21)19-10-14(22)20-17(4,15(23)24)11-5-7-12(18)8-6-11/h5-8H,9-10H2,1-4H3,(H,19,21)(H,20,22)(H,23,24). The highest BCUT2D eigenvalue weighted by molar-refractivity contribution is 5.90. The molecule has 1 aromatic rings. The normalized spacial score (nSPS) is 13.7. The van der Waals surface area contributed by atoms with Crippen molar-refractivity contribution in [3.63, 3.8) is 0 Å². The van der Waals surface area contributed by atoms with E-state index in [0.29, 0.717) is 0 Å². The maximum Gasteiger partial charge on any atom is 0.333 e. The van der Waals surface area contributed by atoms with Crippen LogP contribution in [0.1, 0.15) is 39.7 Å². The van der Waals surface area contributed by atoms with Gasteiger partial charge in [-0.15, -0.1) is 0 Å². The molecule has 1 rings (SSSR count). The van der Waals surface area contributed by atoms with E-state index in [1.807, 2.05) is 20.8 Å². The molecule has 3 N–H and O–H groups in total. The van der Waals surface area contributed by atoms with Crippen LogP contribution in [-0.4, -0.2) is 29.4 Å². The highest BCUT2D eigenvalue weighted by Crippen LogP contribution is 2.21. The fraction of sp³-hybridized carbons (Fsp3) is 0.471. The Morgan fingerprint density at radius 3 is 2.04 bits per heavy atom. The van der Waals surface area contributed by atoms with Crippen LogP contribution >= 0.6 is 0 Å². The first-order valence-electron chi connectivity index (χ1n) is 7.51. The second-order valence-electron chi connectivity index (χ2n) is 7.00. The van der Waals surface area contributed by atoms with Crippen molar-refractivity contribution >= 4 is 17.8 Å². The lowest BCUT2D eigenvalue weighted by Crippen LogP contribution is -2.52. The number of rotatable bonds is 6. The monoisotopic (exact) mass is 338 g/mol. The van der Waals surface area contributed by atoms with Gasteiger partial charge in [0.2, 0.25) is 11.8 Å². The Morgan fingerprint density at radius 1 is 1.04 bits per heavy atom. The third kappa shape index (κ3) is 5.64. The average molecular weight is 338 g/mol. The zero-order chi connectivity index (χ0) is 18.5. The van der Waals surface area contributed by atoms with Crippen LogP contribution in [0.5, 0.6) is 0 Å². The Bertz CT molecular complexity index is 622. The zero-order valence-corrected chi connectivity index (χ0v) is 14.3. The molecular weight excluding hydrogens is 315 g/mol. The molecule has 0 aliphatic rings. The van der Waals surface area contributed by atoms with Gasteiger partial charge in [0.1, 0.15) is 5.82 Å². The third-order valence-electron chi connectivity index (χ3n) is 3.38. The SMILES string of the molecule is CC(C)(C)CC(=O)NCC(=O)NC(C)(C(=O)O)c1ccc(F)cc1. The Labute approximate surface area is 140 Å². The lowest BCUT2D eigenvalue weighted by Gasteiger charge is -2.27. The number of halogens is 1. The van der Waals surface area contributed by atoms with E-state index < -0.39 is 23.2 Å². The molecule has 1 aromatic carbocycles. The van der Waals surface area contributed by atoms with Crippen molar-refractivity contribution in [3.05, 3.63) is 35.6 Å². The number of carbonyl (C=O) groups excluding carboxylic acids is 2. The zero-order valence-electron chi connectivity index (χ0n) is 14.3. The van der Waals surface area contributed by atoms with E-state index >= 15 is 0 Å². The predicted molar refractivity (Wildman–Crippen MR) is 86.6 cm³/mol. The summed E-state index contributed by atoms with van der Waals surface area (Å²) in [7, 11) is 0. The number of benzene rings is 1. The van der Waals surface area contributed by atoms with Crippen LogP contribution in [0.25, 0.3) is 0 Å². The molecule has 0 aliphatic carbocycles. The van der Waals surface area contributed by atoms with Gasteiger partial charge in [-0.25, -0.2) is 9.18 Å². The first kappa shape index (κ1) is 19.6. The van der Waals surface area contributed by atoms with E-state index in [-0.39, 0.29) is 29.9 Å². The van der Waals surface area contributed by atoms with Crippen molar-refractivity contribution in [2.24, 2.45) is 5.41 Å². The van der Waals surface area contributed by atoms with Crippen molar-refractivity contribution < 1.29 is 23.9 Å². The maximum atomic E-state index is 13.0. The number of nitrogens with one attached hydrogen (secondary N) is 2. The first-order chi connectivity index (χ1) is 10.9. The summed E-state index contributed by atoms with van der Waals surface area (Å²) >= 11 is 0. The van der Waals surface area contributed by atoms with Crippen molar-refractivity contribution in [3.8, 4) is 0 Å². The predicted octanol–water partition coefficient (Wildman–Crippen LogP) is 1.79. The largest absolute Gasteiger partial charge is 0.479 e. The highest BCUT2D eigenvalue weighted by atomic mass is 19.1. The summed E-state index contributed by atoms with van der Waals surface area (Å²) in [6.07, 6.45) is 0.244. The van der Waals surface area contributed by atoms with Crippen molar-refractivity contribution in [2.75, 3.05) is 6.54 Å². The van der Waals surface area contributed by atoms with Crippen LogP contribution in [0.2, 0.25) is 0 Å². The molecule has 2 amide bonds. The van der Waals surface area contributed by atoms with Crippen LogP contribution < -0.4 is 10.6 Å². The quantitative estimate of drug-likeness (QED) is 0.737. The van der Waals surface area contributed by atoms with Gasteiger partial charge < -0.3 is 15.7 Å². The van der Waals surface area contributed by atoms with Crippen molar-refractivity contribution in [1.82, 2.24) is 10.6 Å². The highest BCUT2D eigenvalue weighted by Gasteiger charge is 2.36. The average Bonchev–Trinajstić information content (AvgIpc) is 2.43. The number of aliphatic carboxylic acids is 1. The fourth-order valence-electron chi connectivity index (χ4n) is 2.08. The summed E-state index contributed by atoms with van der Waals surface area (Å²) in [5.74, 6) is -2.74. The van der Waals surface area contributed by atoms with E-state index in [1.165, 1.54) is 19.1 Å². The molecule has 1 atom stereocenters. The lowest BCUT2D eigenvalue weighted by molar-refractivity contribution is -0.147. The summed E-state index contributed by atoms with van der Waals surface area (Å²) in [6.45, 7) is 6.64. The number of carboxylic acid groups (broad SMARTS) is 1. The van der Waals surface area contributed by atoms with Crippen LogP contribution in [-0.2, 0) is 19.9 Å². The van der Waals surface area contributed by atoms with Gasteiger partial charge >= 0.3 is 5.97 Å². The number of amides is 2. The van der Waals surface area contributed by atoms with E-state index in [4.69, 9.17) is 0 Å². The van der Waals surface area contributed by atoms with Gasteiger partial charge in [-0.3, -0.25) is 9.59 Å². The maximum absolute atomic E-state index is 13.0. The van der Waals surface area contributed by atoms with E-state index in [0.717, 1.165) is 12.1 Å². The Hall–Kier alpha value is -2.44. The first-order valence-corrected chi connectivity index (χ1v) is 7.51. The number of carboxylic acids is 1. The summed E-state index contributed by atoms with van der Waals surface area (Å²) in [6, 6.07) is 4.82. The minimum Gasteiger partial charge on any atom is -0.479 e. The summed E-state index contributed by atoms with van der Waals surface area (Å²) < 4.78 is 13.0. The molecule has 0 saturated carbocycles. The summed E-state index contributed by atoms with van der Waals surface area (Å²) in [5, 5.41) is 14.3. The van der Waals surface area contributed by atoms with Crippen LogP contribution in [0.4, 0.5) is 4.39 Å². The molecule has 0 saturated heterocycles. The van der Waals surface area contributed by atoms with E-state index in [1.54, 1.807) is 0 Å². The molecular formula is C17H23FN2O4. The number of hydrogen-bond acceptors (Lipinski definition) is 3. The smallest absolute Gasteiger partial charge is 0.333 e. The molecule has 0 radical (unpaired) electrons. The molecule has 0 aliphatic heterocycles. The molecule has 0 heterocycles. The fourth-order valence-corrected chi connectivity index (χ4v) is 2.08. The van der Waals surface area contributed by atoms with Gasteiger partial charge in [0.05, 0.1) is 6.54 Å². The topological polar surface area (TPSA) is 95.5 Å². The molecule has 0 spiro atoms. The number of carbonyl (C=O) groups is 3. The second kappa shape index (κ2) is 7.42. The van der Waals surface area contributed by atoms with Crippen LogP contribution in [0, 0.1) is 11.2 Å². The van der Waals surface area contributed by atoms with Gasteiger partial charge in [0.15, 0.2) is 5.54 Å². The Morgan fingerprint density at radius 2 is 1.58 bits per heavy atom. The Kier molecular flexibility index (Phi) is 6.06. The molecule has 6 nitrogen and oxygen atoms in total. The summed E-state index contributed by atoms with van der Waals surface area (Å²) in [5.41, 5.74) is -1.71. The third-order valence-corrected chi connectivity index (χ3v) is 3.38. The number of hydrogen-bond donors (Lipinski definition) is 3. The van der Waals surface area contributed by atoms with E-state index in [9.17, 15) is 23.9 Å². The Balaban J connectivity index is 2.75. The van der Waals surface area contributed by atoms with Gasteiger partial charge in [0.25, 0.3) is 0 Å². The lowest BCUT2D eigenvalue weighted by atomic mass is 9.91. The van der Waals surface area contributed by atoms with Crippen LogP contribution in [0.15, 0.2) is 24.3 Å². The second-order valence-corrected chi connectivity index (χ2v) is 7.00. The van der Waals surface area contributed by atoms with Crippen molar-refractivity contribution in [2.45, 2.75) is 39.7 Å². The molecule has 1 unspecified atom stereocenters. The molecule has 0 fully saturated rings. The van der Waals surface area contributed by atoms with Crippen LogP contribution in [0.3, 0.4) is 0 Å². The van der Waals surface area contributed by atoms with Gasteiger partial charge in [-0.05, 0) is 30.0 Å². The van der Waals surface area contributed by atoms with Gasteiger partial charge in [0, 0.05) is 6.42 Å². The molecule has 24 heavy (non-hydrogen) atoms. The molecule has 0 bridgehead atoms. The molecule has 132 valence electrons. The van der Waals surface area contributed by atoms with Gasteiger partial charge in [-0.1, -0.05) is 32.9 Å². The minimum atomic E-state index is -1.72. The van der Waals surface area contributed by atoms with Gasteiger partial charge in [-0.2, -0.15) is 0 Å².